The number of rotatable bonds is 3. The van der Waals surface area contributed by atoms with Crippen LogP contribution in [-0.2, 0) is 0 Å². The third kappa shape index (κ3) is 1.72. The van der Waals surface area contributed by atoms with Gasteiger partial charge in [-0.15, -0.1) is 12.3 Å². The zero-order chi connectivity index (χ0) is 11.5. The zero-order valence-corrected chi connectivity index (χ0v) is 9.73. The van der Waals surface area contributed by atoms with Crippen LogP contribution in [0.4, 0.5) is 0 Å². The summed E-state index contributed by atoms with van der Waals surface area (Å²) in [5, 5.41) is 0. The number of ether oxygens (including phenoxy) is 1. The molecule has 0 amide bonds. The van der Waals surface area contributed by atoms with Gasteiger partial charge in [0.15, 0.2) is 0 Å². The van der Waals surface area contributed by atoms with Crippen LogP contribution in [0.5, 0.6) is 5.75 Å². The Balaban J connectivity index is 2.34. The largest absolute Gasteiger partial charge is 0.496 e. The Labute approximate surface area is 97.1 Å². The van der Waals surface area contributed by atoms with Crippen molar-refractivity contribution in [1.82, 2.24) is 0 Å². The Hall–Kier alpha value is -1.68. The van der Waals surface area contributed by atoms with Crippen LogP contribution < -0.4 is 4.74 Å². The van der Waals surface area contributed by atoms with Crippen molar-refractivity contribution in [2.45, 2.75) is 19.3 Å². The molecule has 2 atom stereocenters. The van der Waals surface area contributed by atoms with E-state index >= 15 is 0 Å². The fourth-order valence-electron chi connectivity index (χ4n) is 2.32. The Morgan fingerprint density at radius 1 is 1.50 bits per heavy atom. The minimum Gasteiger partial charge on any atom is -0.496 e. The van der Waals surface area contributed by atoms with Gasteiger partial charge in [0.2, 0.25) is 0 Å². The topological polar surface area (TPSA) is 9.23 Å². The van der Waals surface area contributed by atoms with E-state index in [0.29, 0.717) is 11.8 Å². The molecule has 2 unspecified atom stereocenters. The van der Waals surface area contributed by atoms with E-state index in [-0.39, 0.29) is 0 Å². The highest BCUT2D eigenvalue weighted by Gasteiger charge is 2.24. The van der Waals surface area contributed by atoms with Gasteiger partial charge in [0.25, 0.3) is 0 Å². The number of hydrogen-bond donors (Lipinski definition) is 0. The zero-order valence-electron chi connectivity index (χ0n) is 9.73. The van der Waals surface area contributed by atoms with Gasteiger partial charge in [-0.2, -0.15) is 0 Å². The molecular weight excluding hydrogens is 196 g/mol. The summed E-state index contributed by atoms with van der Waals surface area (Å²) in [7, 11) is 1.71. The molecule has 16 heavy (non-hydrogen) atoms. The number of fused-ring (bicyclic) bond motifs is 1. The third-order valence-electron chi connectivity index (χ3n) is 3.20. The first-order valence-electron chi connectivity index (χ1n) is 5.56. The maximum absolute atomic E-state index is 5.37. The highest BCUT2D eigenvalue weighted by molar-refractivity contribution is 5.68. The molecule has 1 nitrogen and oxygen atoms in total. The molecule has 0 radical (unpaired) electrons. The van der Waals surface area contributed by atoms with Crippen molar-refractivity contribution < 1.29 is 4.74 Å². The molecule has 1 aliphatic rings. The fraction of sp³-hybridized carbons (Fsp3) is 0.333. The smallest absolute Gasteiger partial charge is 0.126 e. The van der Waals surface area contributed by atoms with Crippen molar-refractivity contribution >= 4 is 6.08 Å². The number of allylic oxidation sites excluding steroid dienone is 1. The van der Waals surface area contributed by atoms with Gasteiger partial charge in [-0.1, -0.05) is 31.2 Å². The SMILES string of the molecule is C#CCC(C)C1C=Cc2c(OC)cccc21. The summed E-state index contributed by atoms with van der Waals surface area (Å²) in [5.41, 5.74) is 2.54. The second-order valence-corrected chi connectivity index (χ2v) is 4.23. The summed E-state index contributed by atoms with van der Waals surface area (Å²) < 4.78 is 5.35. The lowest BCUT2D eigenvalue weighted by atomic mass is 9.87. The Kier molecular flexibility index (Phi) is 3.01. The van der Waals surface area contributed by atoms with E-state index in [1.807, 2.05) is 12.1 Å². The number of terminal acetylenes is 1. The lowest BCUT2D eigenvalue weighted by Crippen LogP contribution is -2.05. The van der Waals surface area contributed by atoms with E-state index in [4.69, 9.17) is 11.2 Å². The third-order valence-corrected chi connectivity index (χ3v) is 3.20. The first kappa shape index (κ1) is 10.8. The lowest BCUT2D eigenvalue weighted by molar-refractivity contribution is 0.413. The second kappa shape index (κ2) is 4.45. The van der Waals surface area contributed by atoms with E-state index in [1.54, 1.807) is 7.11 Å². The number of hydrogen-bond acceptors (Lipinski definition) is 1. The molecule has 1 aromatic carbocycles. The van der Waals surface area contributed by atoms with E-state index in [9.17, 15) is 0 Å². The minimum absolute atomic E-state index is 0.432. The van der Waals surface area contributed by atoms with Gasteiger partial charge in [-0.3, -0.25) is 0 Å². The van der Waals surface area contributed by atoms with Gasteiger partial charge < -0.3 is 4.74 Å². The van der Waals surface area contributed by atoms with Gasteiger partial charge in [-0.25, -0.2) is 0 Å². The number of benzene rings is 1. The van der Waals surface area contributed by atoms with Gasteiger partial charge in [0.1, 0.15) is 5.75 Å². The molecule has 0 N–H and O–H groups in total. The Bertz CT molecular complexity index is 451. The predicted octanol–water partition coefficient (Wildman–Crippen LogP) is 3.47. The molecule has 0 bridgehead atoms. The summed E-state index contributed by atoms with van der Waals surface area (Å²) in [6.45, 7) is 2.20. The van der Waals surface area contributed by atoms with Crippen LogP contribution in [0, 0.1) is 18.3 Å². The van der Waals surface area contributed by atoms with Crippen LogP contribution in [0.3, 0.4) is 0 Å². The van der Waals surface area contributed by atoms with Crippen molar-refractivity contribution in [1.29, 1.82) is 0 Å². The van der Waals surface area contributed by atoms with Crippen molar-refractivity contribution in [3.8, 4) is 18.1 Å². The van der Waals surface area contributed by atoms with Crippen LogP contribution in [0.2, 0.25) is 0 Å². The van der Waals surface area contributed by atoms with Crippen molar-refractivity contribution in [3.05, 3.63) is 35.4 Å². The molecule has 2 rings (SSSR count). The summed E-state index contributed by atoms with van der Waals surface area (Å²) in [6, 6.07) is 6.20. The average Bonchev–Trinajstić information content (AvgIpc) is 2.72. The van der Waals surface area contributed by atoms with E-state index in [0.717, 1.165) is 12.2 Å². The quantitative estimate of drug-likeness (QED) is 0.697. The first-order chi connectivity index (χ1) is 7.77. The Morgan fingerprint density at radius 3 is 3.00 bits per heavy atom. The Morgan fingerprint density at radius 2 is 2.31 bits per heavy atom. The van der Waals surface area contributed by atoms with Crippen LogP contribution in [0.15, 0.2) is 24.3 Å². The van der Waals surface area contributed by atoms with Gasteiger partial charge >= 0.3 is 0 Å². The molecule has 1 aliphatic carbocycles. The molecule has 0 aliphatic heterocycles. The summed E-state index contributed by atoms with van der Waals surface area (Å²) in [4.78, 5) is 0. The highest BCUT2D eigenvalue weighted by atomic mass is 16.5. The van der Waals surface area contributed by atoms with Crippen molar-refractivity contribution in [2.24, 2.45) is 5.92 Å². The van der Waals surface area contributed by atoms with E-state index in [1.165, 1.54) is 11.1 Å². The molecule has 1 heteroatoms. The van der Waals surface area contributed by atoms with Crippen LogP contribution in [-0.4, -0.2) is 7.11 Å². The maximum Gasteiger partial charge on any atom is 0.126 e. The monoisotopic (exact) mass is 212 g/mol. The van der Waals surface area contributed by atoms with Crippen LogP contribution in [0.25, 0.3) is 6.08 Å². The van der Waals surface area contributed by atoms with Gasteiger partial charge in [-0.05, 0) is 17.5 Å². The summed E-state index contributed by atoms with van der Waals surface area (Å²) in [5.74, 6) is 4.60. The standard InChI is InChI=1S/C15H16O/c1-4-6-11(2)12-9-10-14-13(12)7-5-8-15(14)16-3/h1,5,7-12H,6H2,2-3H3. The van der Waals surface area contributed by atoms with Crippen molar-refractivity contribution in [3.63, 3.8) is 0 Å². The highest BCUT2D eigenvalue weighted by Crippen LogP contribution is 2.40. The summed E-state index contributed by atoms with van der Waals surface area (Å²) in [6.07, 6.45) is 10.6. The van der Waals surface area contributed by atoms with Crippen molar-refractivity contribution in [2.75, 3.05) is 7.11 Å². The molecule has 0 heterocycles. The van der Waals surface area contributed by atoms with E-state index < -0.39 is 0 Å². The first-order valence-corrected chi connectivity index (χ1v) is 5.56. The van der Waals surface area contributed by atoms with Gasteiger partial charge in [0, 0.05) is 17.9 Å². The van der Waals surface area contributed by atoms with Crippen LogP contribution >= 0.6 is 0 Å². The average molecular weight is 212 g/mol. The second-order valence-electron chi connectivity index (χ2n) is 4.23. The van der Waals surface area contributed by atoms with E-state index in [2.05, 4.69) is 31.1 Å². The lowest BCUT2D eigenvalue weighted by Gasteiger charge is -2.17. The molecule has 0 saturated heterocycles. The molecule has 1 aromatic rings. The normalized spacial score (nSPS) is 18.9. The molecule has 0 aromatic heterocycles. The molecule has 0 spiro atoms. The fourth-order valence-corrected chi connectivity index (χ4v) is 2.32. The minimum atomic E-state index is 0.432. The molecule has 82 valence electrons. The summed E-state index contributed by atoms with van der Waals surface area (Å²) >= 11 is 0. The van der Waals surface area contributed by atoms with Gasteiger partial charge in [0.05, 0.1) is 7.11 Å². The molecular formula is C15H16O. The predicted molar refractivity (Wildman–Crippen MR) is 67.4 cm³/mol. The molecule has 0 saturated carbocycles. The molecule has 0 fully saturated rings. The van der Waals surface area contributed by atoms with Crippen LogP contribution in [0.1, 0.15) is 30.4 Å². The number of methoxy groups -OCH3 is 1. The maximum atomic E-state index is 5.37.